The lowest BCUT2D eigenvalue weighted by Gasteiger charge is -2.15. The van der Waals surface area contributed by atoms with Gasteiger partial charge in [0.25, 0.3) is 0 Å². The number of hydrogen-bond donors (Lipinski definition) is 1. The summed E-state index contributed by atoms with van der Waals surface area (Å²) in [5.41, 5.74) is 2.40. The summed E-state index contributed by atoms with van der Waals surface area (Å²) < 4.78 is 13.7. The number of nitrogens with one attached hydrogen (secondary N) is 1. The molecule has 1 saturated carbocycles. The highest BCUT2D eigenvalue weighted by molar-refractivity contribution is 8.01. The number of hydrogen-bond acceptors (Lipinski definition) is 5. The van der Waals surface area contributed by atoms with Gasteiger partial charge in [0, 0.05) is 6.04 Å². The lowest BCUT2D eigenvalue weighted by molar-refractivity contribution is -0.120. The maximum Gasteiger partial charge on any atom is 0.238 e. The molecule has 1 unspecified atom stereocenters. The molecular formula is C13H12FN3OS2. The minimum Gasteiger partial charge on any atom is -0.352 e. The van der Waals surface area contributed by atoms with Crippen LogP contribution in [0.3, 0.4) is 0 Å². The van der Waals surface area contributed by atoms with Crippen molar-refractivity contribution >= 4 is 29.0 Å². The number of carbonyl (C=O) groups excluding carboxylic acids is 1. The summed E-state index contributed by atoms with van der Waals surface area (Å²) in [5.74, 6) is -0.365. The van der Waals surface area contributed by atoms with Gasteiger partial charge in [-0.3, -0.25) is 4.79 Å². The number of rotatable bonds is 5. The largest absolute Gasteiger partial charge is 0.352 e. The minimum atomic E-state index is -0.427. The van der Waals surface area contributed by atoms with Crippen molar-refractivity contribution in [3.05, 3.63) is 41.2 Å². The van der Waals surface area contributed by atoms with Gasteiger partial charge in [0.1, 0.15) is 16.6 Å². The Bertz CT molecular complexity index is 584. The molecule has 104 valence electrons. The first-order valence-corrected chi connectivity index (χ1v) is 7.97. The Morgan fingerprint density at radius 3 is 2.75 bits per heavy atom. The Morgan fingerprint density at radius 1 is 1.40 bits per heavy atom. The average Bonchev–Trinajstić information content (AvgIpc) is 3.10. The molecule has 0 bridgehead atoms. The summed E-state index contributed by atoms with van der Waals surface area (Å²) in [5, 5.41) is 10.3. The minimum absolute atomic E-state index is 0.0562. The van der Waals surface area contributed by atoms with Gasteiger partial charge in [0.05, 0.1) is 0 Å². The lowest BCUT2D eigenvalue weighted by Crippen LogP contribution is -2.29. The van der Waals surface area contributed by atoms with Crippen LogP contribution in [0.4, 0.5) is 4.39 Å². The first-order valence-electron chi connectivity index (χ1n) is 6.21. The third-order valence-electron chi connectivity index (χ3n) is 2.89. The van der Waals surface area contributed by atoms with Crippen molar-refractivity contribution in [3.8, 4) is 0 Å². The highest BCUT2D eigenvalue weighted by Gasteiger charge is 2.29. The third kappa shape index (κ3) is 3.34. The summed E-state index contributed by atoms with van der Waals surface area (Å²) in [6.45, 7) is 0. The monoisotopic (exact) mass is 309 g/mol. The van der Waals surface area contributed by atoms with E-state index in [0.717, 1.165) is 22.7 Å². The Balaban J connectivity index is 1.81. The second-order valence-electron chi connectivity index (χ2n) is 4.54. The number of amides is 1. The Hall–Kier alpha value is -1.47. The molecule has 0 aliphatic heterocycles. The third-order valence-corrected chi connectivity index (χ3v) is 4.96. The molecule has 3 rings (SSSR count). The summed E-state index contributed by atoms with van der Waals surface area (Å²) in [6.07, 6.45) is 2.07. The predicted molar refractivity (Wildman–Crippen MR) is 76.1 cm³/mol. The Morgan fingerprint density at radius 2 is 2.15 bits per heavy atom. The van der Waals surface area contributed by atoms with E-state index in [4.69, 9.17) is 0 Å². The Kier molecular flexibility index (Phi) is 3.98. The fourth-order valence-corrected chi connectivity index (χ4v) is 3.41. The fourth-order valence-electron chi connectivity index (χ4n) is 1.73. The van der Waals surface area contributed by atoms with Crippen LogP contribution in [0, 0.1) is 5.82 Å². The van der Waals surface area contributed by atoms with Gasteiger partial charge >= 0.3 is 0 Å². The van der Waals surface area contributed by atoms with Crippen molar-refractivity contribution in [2.24, 2.45) is 0 Å². The normalized spacial score (nSPS) is 15.8. The van der Waals surface area contributed by atoms with E-state index < -0.39 is 5.25 Å². The van der Waals surface area contributed by atoms with E-state index in [9.17, 15) is 9.18 Å². The first-order chi connectivity index (χ1) is 9.72. The fraction of sp³-hybridized carbons (Fsp3) is 0.308. The van der Waals surface area contributed by atoms with E-state index in [-0.39, 0.29) is 11.7 Å². The average molecular weight is 309 g/mol. The topological polar surface area (TPSA) is 54.9 Å². The van der Waals surface area contributed by atoms with Gasteiger partial charge in [-0.1, -0.05) is 35.2 Å². The number of carbonyl (C=O) groups is 1. The van der Waals surface area contributed by atoms with Crippen molar-refractivity contribution in [1.82, 2.24) is 15.5 Å². The zero-order chi connectivity index (χ0) is 13.9. The first kappa shape index (κ1) is 13.5. The molecule has 1 N–H and O–H groups in total. The van der Waals surface area contributed by atoms with Crippen LogP contribution >= 0.6 is 23.1 Å². The molecule has 1 aromatic carbocycles. The molecule has 1 heterocycles. The zero-order valence-electron chi connectivity index (χ0n) is 10.5. The number of thioether (sulfide) groups is 1. The van der Waals surface area contributed by atoms with Crippen LogP contribution in [-0.2, 0) is 4.79 Å². The number of benzene rings is 1. The molecule has 0 spiro atoms. The van der Waals surface area contributed by atoms with Crippen LogP contribution in [0.1, 0.15) is 23.7 Å². The van der Waals surface area contributed by atoms with E-state index in [0.29, 0.717) is 6.04 Å². The van der Waals surface area contributed by atoms with Gasteiger partial charge in [0.15, 0.2) is 4.34 Å². The van der Waals surface area contributed by atoms with Crippen LogP contribution in [0.5, 0.6) is 0 Å². The highest BCUT2D eigenvalue weighted by Crippen LogP contribution is 2.36. The summed E-state index contributed by atoms with van der Waals surface area (Å²) in [4.78, 5) is 12.3. The molecule has 0 radical (unpaired) electrons. The maximum atomic E-state index is 13.0. The predicted octanol–water partition coefficient (Wildman–Crippen LogP) is 2.79. The van der Waals surface area contributed by atoms with Gasteiger partial charge in [-0.2, -0.15) is 0 Å². The van der Waals surface area contributed by atoms with E-state index in [2.05, 4.69) is 15.5 Å². The van der Waals surface area contributed by atoms with E-state index in [1.807, 2.05) is 0 Å². The number of aromatic nitrogens is 2. The van der Waals surface area contributed by atoms with Gasteiger partial charge in [-0.15, -0.1) is 10.2 Å². The van der Waals surface area contributed by atoms with E-state index in [1.165, 1.54) is 35.2 Å². The summed E-state index contributed by atoms with van der Waals surface area (Å²) in [6, 6.07) is 6.31. The Labute approximate surface area is 123 Å². The summed E-state index contributed by atoms with van der Waals surface area (Å²) in [7, 11) is 0. The van der Waals surface area contributed by atoms with Crippen LogP contribution in [-0.4, -0.2) is 22.1 Å². The molecule has 4 nitrogen and oxygen atoms in total. The van der Waals surface area contributed by atoms with Crippen molar-refractivity contribution in [2.75, 3.05) is 0 Å². The quantitative estimate of drug-likeness (QED) is 0.863. The van der Waals surface area contributed by atoms with Crippen molar-refractivity contribution in [1.29, 1.82) is 0 Å². The molecule has 1 fully saturated rings. The van der Waals surface area contributed by atoms with E-state index >= 15 is 0 Å². The molecule has 0 saturated heterocycles. The smallest absolute Gasteiger partial charge is 0.238 e. The number of halogens is 1. The molecule has 1 aliphatic carbocycles. The molecule has 7 heteroatoms. The van der Waals surface area contributed by atoms with Crippen LogP contribution in [0.15, 0.2) is 34.1 Å². The van der Waals surface area contributed by atoms with Gasteiger partial charge in [0.2, 0.25) is 5.91 Å². The molecule has 20 heavy (non-hydrogen) atoms. The highest BCUT2D eigenvalue weighted by atomic mass is 32.2. The molecular weight excluding hydrogens is 297 g/mol. The van der Waals surface area contributed by atoms with Crippen LogP contribution in [0.25, 0.3) is 0 Å². The molecule has 1 amide bonds. The lowest BCUT2D eigenvalue weighted by atomic mass is 10.1. The maximum absolute atomic E-state index is 13.0. The second kappa shape index (κ2) is 5.88. The van der Waals surface area contributed by atoms with Gasteiger partial charge in [-0.05, 0) is 30.5 Å². The molecule has 2 aromatic rings. The molecule has 1 aromatic heterocycles. The molecule has 1 aliphatic rings. The van der Waals surface area contributed by atoms with Crippen LogP contribution < -0.4 is 5.32 Å². The number of nitrogens with zero attached hydrogens (tertiary/aromatic N) is 2. The standard InChI is InChI=1S/C13H12FN3OS2/c14-9-3-1-8(2-4-9)11(12(18)16-10-5-6-10)20-13-17-15-7-19-13/h1-4,7,10-11H,5-6H2,(H,16,18). The zero-order valence-corrected chi connectivity index (χ0v) is 12.1. The SMILES string of the molecule is O=C(NC1CC1)C(Sc1nncs1)c1ccc(F)cc1. The second-order valence-corrected chi connectivity index (χ2v) is 6.72. The van der Waals surface area contributed by atoms with E-state index in [1.54, 1.807) is 17.6 Å². The van der Waals surface area contributed by atoms with Crippen molar-refractivity contribution in [2.45, 2.75) is 28.5 Å². The van der Waals surface area contributed by atoms with Crippen molar-refractivity contribution < 1.29 is 9.18 Å². The van der Waals surface area contributed by atoms with Crippen molar-refractivity contribution in [3.63, 3.8) is 0 Å². The summed E-state index contributed by atoms with van der Waals surface area (Å²) >= 11 is 2.73. The van der Waals surface area contributed by atoms with Gasteiger partial charge < -0.3 is 5.32 Å². The van der Waals surface area contributed by atoms with Gasteiger partial charge in [-0.25, -0.2) is 4.39 Å². The van der Waals surface area contributed by atoms with Crippen LogP contribution in [0.2, 0.25) is 0 Å². The molecule has 1 atom stereocenters.